The van der Waals surface area contributed by atoms with Crippen molar-refractivity contribution in [1.29, 1.82) is 0 Å². The van der Waals surface area contributed by atoms with Crippen LogP contribution in [0.5, 0.6) is 0 Å². The van der Waals surface area contributed by atoms with Gasteiger partial charge in [0.05, 0.1) is 6.10 Å². The van der Waals surface area contributed by atoms with Gasteiger partial charge in [0.1, 0.15) is 0 Å². The van der Waals surface area contributed by atoms with Crippen molar-refractivity contribution in [3.05, 3.63) is 0 Å². The molecular formula is C10H18O4. The Bertz CT molecular complexity index is 198. The quantitative estimate of drug-likeness (QED) is 0.667. The summed E-state index contributed by atoms with van der Waals surface area (Å²) < 4.78 is 4.92. The number of aliphatic carboxylic acids is 1. The van der Waals surface area contributed by atoms with Gasteiger partial charge in [-0.3, -0.25) is 9.59 Å². The highest BCUT2D eigenvalue weighted by Crippen LogP contribution is 2.11. The Hall–Kier alpha value is -1.06. The number of hydrogen-bond acceptors (Lipinski definition) is 3. The van der Waals surface area contributed by atoms with Crippen LogP contribution in [-0.4, -0.2) is 23.1 Å². The van der Waals surface area contributed by atoms with Crippen LogP contribution in [-0.2, 0) is 14.3 Å². The maximum Gasteiger partial charge on any atom is 0.306 e. The lowest BCUT2D eigenvalue weighted by atomic mass is 10.0. The molecule has 82 valence electrons. The predicted octanol–water partition coefficient (Wildman–Crippen LogP) is 1.83. The molecular weight excluding hydrogens is 184 g/mol. The second-order valence-electron chi connectivity index (χ2n) is 3.78. The first-order chi connectivity index (χ1) is 6.41. The molecule has 0 amide bonds. The average molecular weight is 202 g/mol. The number of rotatable bonds is 6. The Kier molecular flexibility index (Phi) is 5.92. The van der Waals surface area contributed by atoms with Crippen molar-refractivity contribution in [2.75, 3.05) is 0 Å². The Morgan fingerprint density at radius 3 is 2.29 bits per heavy atom. The van der Waals surface area contributed by atoms with E-state index in [1.54, 1.807) is 13.8 Å². The van der Waals surface area contributed by atoms with E-state index in [9.17, 15) is 9.59 Å². The van der Waals surface area contributed by atoms with Crippen molar-refractivity contribution in [2.45, 2.75) is 46.1 Å². The second-order valence-corrected chi connectivity index (χ2v) is 3.78. The monoisotopic (exact) mass is 202 g/mol. The van der Waals surface area contributed by atoms with Crippen molar-refractivity contribution in [1.82, 2.24) is 0 Å². The van der Waals surface area contributed by atoms with Crippen LogP contribution in [0.2, 0.25) is 0 Å². The van der Waals surface area contributed by atoms with Crippen LogP contribution in [0, 0.1) is 5.92 Å². The largest absolute Gasteiger partial charge is 0.481 e. The van der Waals surface area contributed by atoms with Crippen LogP contribution >= 0.6 is 0 Å². The molecule has 1 atom stereocenters. The minimum Gasteiger partial charge on any atom is -0.481 e. The third-order valence-electron chi connectivity index (χ3n) is 1.73. The SMILES string of the molecule is CC(CCC(=O)OC(C)C)CC(=O)O. The summed E-state index contributed by atoms with van der Waals surface area (Å²) >= 11 is 0. The molecule has 0 saturated heterocycles. The van der Waals surface area contributed by atoms with E-state index in [0.717, 1.165) is 0 Å². The molecule has 0 radical (unpaired) electrons. The maximum absolute atomic E-state index is 11.1. The molecule has 1 unspecified atom stereocenters. The third kappa shape index (κ3) is 7.58. The third-order valence-corrected chi connectivity index (χ3v) is 1.73. The first kappa shape index (κ1) is 12.9. The van der Waals surface area contributed by atoms with E-state index in [4.69, 9.17) is 9.84 Å². The van der Waals surface area contributed by atoms with E-state index >= 15 is 0 Å². The molecule has 0 aliphatic rings. The van der Waals surface area contributed by atoms with Gasteiger partial charge in [0.15, 0.2) is 0 Å². The lowest BCUT2D eigenvalue weighted by Crippen LogP contribution is -2.13. The highest BCUT2D eigenvalue weighted by molar-refractivity contribution is 5.70. The molecule has 0 aromatic heterocycles. The maximum atomic E-state index is 11.1. The Morgan fingerprint density at radius 1 is 1.29 bits per heavy atom. The smallest absolute Gasteiger partial charge is 0.306 e. The first-order valence-corrected chi connectivity index (χ1v) is 4.83. The van der Waals surface area contributed by atoms with Crippen molar-refractivity contribution in [3.8, 4) is 0 Å². The summed E-state index contributed by atoms with van der Waals surface area (Å²) in [4.78, 5) is 21.4. The van der Waals surface area contributed by atoms with Gasteiger partial charge in [-0.2, -0.15) is 0 Å². The summed E-state index contributed by atoms with van der Waals surface area (Å²) in [7, 11) is 0. The average Bonchev–Trinajstić information content (AvgIpc) is 1.98. The minimum absolute atomic E-state index is 0.0206. The zero-order valence-electron chi connectivity index (χ0n) is 8.95. The van der Waals surface area contributed by atoms with E-state index < -0.39 is 5.97 Å². The molecule has 0 heterocycles. The van der Waals surface area contributed by atoms with Crippen LogP contribution in [0.25, 0.3) is 0 Å². The fourth-order valence-corrected chi connectivity index (χ4v) is 1.09. The molecule has 0 spiro atoms. The number of carboxylic acid groups (broad SMARTS) is 1. The van der Waals surface area contributed by atoms with Gasteiger partial charge < -0.3 is 9.84 Å². The number of carbonyl (C=O) groups excluding carboxylic acids is 1. The standard InChI is InChI=1S/C10H18O4/c1-7(2)14-10(13)5-4-8(3)6-9(11)12/h7-8H,4-6H2,1-3H3,(H,11,12). The lowest BCUT2D eigenvalue weighted by molar-refractivity contribution is -0.148. The molecule has 0 aromatic carbocycles. The van der Waals surface area contributed by atoms with Crippen molar-refractivity contribution >= 4 is 11.9 Å². The summed E-state index contributed by atoms with van der Waals surface area (Å²) in [5.74, 6) is -1.06. The second kappa shape index (κ2) is 6.40. The van der Waals surface area contributed by atoms with Crippen LogP contribution < -0.4 is 0 Å². The van der Waals surface area contributed by atoms with Gasteiger partial charge in [0, 0.05) is 12.8 Å². The number of ether oxygens (including phenoxy) is 1. The van der Waals surface area contributed by atoms with E-state index in [0.29, 0.717) is 12.8 Å². The van der Waals surface area contributed by atoms with Gasteiger partial charge in [0.2, 0.25) is 0 Å². The molecule has 0 fully saturated rings. The van der Waals surface area contributed by atoms with Gasteiger partial charge in [-0.25, -0.2) is 0 Å². The van der Waals surface area contributed by atoms with E-state index in [1.165, 1.54) is 0 Å². The molecule has 0 rings (SSSR count). The van der Waals surface area contributed by atoms with Crippen LogP contribution in [0.3, 0.4) is 0 Å². The van der Waals surface area contributed by atoms with E-state index in [2.05, 4.69) is 0 Å². The zero-order chi connectivity index (χ0) is 11.1. The summed E-state index contributed by atoms with van der Waals surface area (Å²) in [5, 5.41) is 8.48. The summed E-state index contributed by atoms with van der Waals surface area (Å²) in [6.45, 7) is 5.40. The molecule has 0 aliphatic heterocycles. The zero-order valence-corrected chi connectivity index (χ0v) is 8.95. The number of carboxylic acids is 1. The Labute approximate surface area is 84.3 Å². The van der Waals surface area contributed by atoms with Crippen molar-refractivity contribution in [2.24, 2.45) is 5.92 Å². The van der Waals surface area contributed by atoms with Crippen LogP contribution in [0.1, 0.15) is 40.0 Å². The molecule has 4 heteroatoms. The van der Waals surface area contributed by atoms with Crippen LogP contribution in [0.4, 0.5) is 0 Å². The molecule has 0 saturated carbocycles. The summed E-state index contributed by atoms with van der Waals surface area (Å²) in [6, 6.07) is 0. The van der Waals surface area contributed by atoms with Crippen molar-refractivity contribution in [3.63, 3.8) is 0 Å². The van der Waals surface area contributed by atoms with Gasteiger partial charge in [-0.15, -0.1) is 0 Å². The molecule has 14 heavy (non-hydrogen) atoms. The molecule has 1 N–H and O–H groups in total. The Balaban J connectivity index is 3.61. The molecule has 0 aliphatic carbocycles. The Morgan fingerprint density at radius 2 is 1.86 bits per heavy atom. The summed E-state index contributed by atoms with van der Waals surface area (Å²) in [6.07, 6.45) is 0.872. The fraction of sp³-hybridized carbons (Fsp3) is 0.800. The normalized spacial score (nSPS) is 12.6. The topological polar surface area (TPSA) is 63.6 Å². The predicted molar refractivity (Wildman–Crippen MR) is 51.9 cm³/mol. The van der Waals surface area contributed by atoms with Gasteiger partial charge in [-0.1, -0.05) is 6.92 Å². The van der Waals surface area contributed by atoms with Crippen LogP contribution in [0.15, 0.2) is 0 Å². The highest BCUT2D eigenvalue weighted by atomic mass is 16.5. The minimum atomic E-state index is -0.824. The van der Waals surface area contributed by atoms with Gasteiger partial charge in [0.25, 0.3) is 0 Å². The number of hydrogen-bond donors (Lipinski definition) is 1. The summed E-state index contributed by atoms with van der Waals surface area (Å²) in [5.41, 5.74) is 0. The highest BCUT2D eigenvalue weighted by Gasteiger charge is 2.11. The van der Waals surface area contributed by atoms with Crippen molar-refractivity contribution < 1.29 is 19.4 Å². The molecule has 0 aromatic rings. The number of carbonyl (C=O) groups is 2. The van der Waals surface area contributed by atoms with Gasteiger partial charge >= 0.3 is 11.9 Å². The lowest BCUT2D eigenvalue weighted by Gasteiger charge is -2.10. The molecule has 4 nitrogen and oxygen atoms in total. The fourth-order valence-electron chi connectivity index (χ4n) is 1.09. The van der Waals surface area contributed by atoms with E-state index in [-0.39, 0.29) is 24.4 Å². The van der Waals surface area contributed by atoms with Gasteiger partial charge in [-0.05, 0) is 26.2 Å². The van der Waals surface area contributed by atoms with E-state index in [1.807, 2.05) is 6.92 Å². The first-order valence-electron chi connectivity index (χ1n) is 4.83. The number of esters is 1. The molecule has 0 bridgehead atoms.